The number of nitrogens with zero attached hydrogens (tertiary/aromatic N) is 1. The van der Waals surface area contributed by atoms with Gasteiger partial charge >= 0.3 is 0 Å². The summed E-state index contributed by atoms with van der Waals surface area (Å²) in [5.74, 6) is -0.271. The van der Waals surface area contributed by atoms with Gasteiger partial charge in [0.15, 0.2) is 5.84 Å². The quantitative estimate of drug-likeness (QED) is 0.343. The second-order valence-corrected chi connectivity index (χ2v) is 3.87. The molecule has 0 aromatic heterocycles. The number of rotatable bonds is 3. The molecule has 0 aliphatic carbocycles. The van der Waals surface area contributed by atoms with Crippen molar-refractivity contribution in [2.45, 2.75) is 13.0 Å². The molecule has 0 saturated heterocycles. The molecule has 1 rings (SSSR count). The van der Waals surface area contributed by atoms with Gasteiger partial charge in [0, 0.05) is 5.69 Å². The highest BCUT2D eigenvalue weighted by Crippen LogP contribution is 2.20. The minimum Gasteiger partial charge on any atom is -0.409 e. The predicted molar refractivity (Wildman–Crippen MR) is 60.6 cm³/mol. The van der Waals surface area contributed by atoms with E-state index in [0.717, 1.165) is 0 Å². The lowest BCUT2D eigenvalue weighted by atomic mass is 10.2. The van der Waals surface area contributed by atoms with Crippen LogP contribution in [0.1, 0.15) is 6.92 Å². The Kier molecular flexibility index (Phi) is 3.90. The summed E-state index contributed by atoms with van der Waals surface area (Å²) < 4.78 is 13.3. The van der Waals surface area contributed by atoms with Crippen molar-refractivity contribution in [1.29, 1.82) is 0 Å². The molecule has 0 spiro atoms. The molecule has 1 atom stereocenters. The SMILES string of the molecule is CC(Nc1ccc(F)c(Br)c1)/C(N)=N/O. The molecule has 0 aliphatic heterocycles. The maximum atomic E-state index is 12.9. The van der Waals surface area contributed by atoms with Crippen LogP contribution in [0.5, 0.6) is 0 Å². The number of oxime groups is 1. The average Bonchev–Trinajstić information content (AvgIpc) is 2.22. The number of hydrogen-bond acceptors (Lipinski definition) is 3. The Bertz CT molecular complexity index is 384. The fourth-order valence-corrected chi connectivity index (χ4v) is 1.38. The predicted octanol–water partition coefficient (Wildman–Crippen LogP) is 2.13. The van der Waals surface area contributed by atoms with E-state index in [1.165, 1.54) is 6.07 Å². The van der Waals surface area contributed by atoms with Crippen molar-refractivity contribution in [1.82, 2.24) is 0 Å². The highest BCUT2D eigenvalue weighted by Gasteiger charge is 2.08. The molecule has 15 heavy (non-hydrogen) atoms. The van der Waals surface area contributed by atoms with Gasteiger partial charge < -0.3 is 16.3 Å². The van der Waals surface area contributed by atoms with Gasteiger partial charge in [0.05, 0.1) is 10.5 Å². The zero-order valence-corrected chi connectivity index (χ0v) is 9.62. The van der Waals surface area contributed by atoms with Crippen molar-refractivity contribution in [2.24, 2.45) is 10.9 Å². The molecule has 0 aliphatic rings. The number of nitrogens with one attached hydrogen (secondary N) is 1. The maximum Gasteiger partial charge on any atom is 0.161 e. The number of hydrogen-bond donors (Lipinski definition) is 3. The van der Waals surface area contributed by atoms with Crippen molar-refractivity contribution < 1.29 is 9.60 Å². The Balaban J connectivity index is 2.77. The molecule has 0 heterocycles. The third-order valence-corrected chi connectivity index (χ3v) is 2.47. The lowest BCUT2D eigenvalue weighted by molar-refractivity contribution is 0.316. The van der Waals surface area contributed by atoms with Crippen LogP contribution in [0.4, 0.5) is 10.1 Å². The largest absolute Gasteiger partial charge is 0.409 e. The lowest BCUT2D eigenvalue weighted by Gasteiger charge is -2.13. The zero-order chi connectivity index (χ0) is 11.4. The summed E-state index contributed by atoms with van der Waals surface area (Å²) in [7, 11) is 0. The molecule has 4 N–H and O–H groups in total. The van der Waals surface area contributed by atoms with E-state index in [1.54, 1.807) is 19.1 Å². The third kappa shape index (κ3) is 3.09. The topological polar surface area (TPSA) is 70.6 Å². The van der Waals surface area contributed by atoms with Gasteiger partial charge in [-0.3, -0.25) is 0 Å². The smallest absolute Gasteiger partial charge is 0.161 e. The molecular formula is C9H11BrFN3O. The van der Waals surface area contributed by atoms with Crippen LogP contribution >= 0.6 is 15.9 Å². The minimum atomic E-state index is -0.336. The van der Waals surface area contributed by atoms with E-state index in [1.807, 2.05) is 0 Å². The monoisotopic (exact) mass is 275 g/mol. The summed E-state index contributed by atoms with van der Waals surface area (Å²) in [6.07, 6.45) is 0. The van der Waals surface area contributed by atoms with Crippen LogP contribution < -0.4 is 11.1 Å². The first-order chi connectivity index (χ1) is 7.04. The van der Waals surface area contributed by atoms with Crippen LogP contribution in [0.15, 0.2) is 27.8 Å². The van der Waals surface area contributed by atoms with E-state index in [2.05, 4.69) is 26.4 Å². The van der Waals surface area contributed by atoms with E-state index in [9.17, 15) is 4.39 Å². The molecule has 0 saturated carbocycles. The number of amidine groups is 1. The summed E-state index contributed by atoms with van der Waals surface area (Å²) in [5.41, 5.74) is 6.07. The Morgan fingerprint density at radius 1 is 1.67 bits per heavy atom. The summed E-state index contributed by atoms with van der Waals surface area (Å²) in [4.78, 5) is 0. The number of nitrogens with two attached hydrogens (primary N) is 1. The summed E-state index contributed by atoms with van der Waals surface area (Å²) in [5, 5.41) is 14.3. The van der Waals surface area contributed by atoms with Gasteiger partial charge in [0.2, 0.25) is 0 Å². The molecule has 1 aromatic carbocycles. The van der Waals surface area contributed by atoms with Gasteiger partial charge in [-0.05, 0) is 41.1 Å². The summed E-state index contributed by atoms with van der Waals surface area (Å²) >= 11 is 3.06. The van der Waals surface area contributed by atoms with Crippen molar-refractivity contribution in [2.75, 3.05) is 5.32 Å². The van der Waals surface area contributed by atoms with E-state index in [0.29, 0.717) is 10.2 Å². The normalized spacial score (nSPS) is 13.7. The van der Waals surface area contributed by atoms with Crippen LogP contribution in [-0.2, 0) is 0 Å². The Morgan fingerprint density at radius 2 is 2.33 bits per heavy atom. The Hall–Kier alpha value is -1.30. The molecule has 0 bridgehead atoms. The number of halogens is 2. The van der Waals surface area contributed by atoms with Crippen LogP contribution in [0.3, 0.4) is 0 Å². The standard InChI is InChI=1S/C9H11BrFN3O/c1-5(9(12)14-15)13-6-2-3-8(11)7(10)4-6/h2-5,13,15H,1H3,(H2,12,14). The average molecular weight is 276 g/mol. The fourth-order valence-electron chi connectivity index (χ4n) is 0.996. The molecule has 0 fully saturated rings. The van der Waals surface area contributed by atoms with Gasteiger partial charge in [-0.1, -0.05) is 5.16 Å². The first-order valence-electron chi connectivity index (χ1n) is 4.23. The first kappa shape index (κ1) is 11.8. The second-order valence-electron chi connectivity index (χ2n) is 3.02. The number of anilines is 1. The van der Waals surface area contributed by atoms with Gasteiger partial charge in [0.1, 0.15) is 5.82 Å². The van der Waals surface area contributed by atoms with E-state index in [4.69, 9.17) is 10.9 Å². The highest BCUT2D eigenvalue weighted by atomic mass is 79.9. The zero-order valence-electron chi connectivity index (χ0n) is 8.04. The lowest BCUT2D eigenvalue weighted by Crippen LogP contribution is -2.32. The van der Waals surface area contributed by atoms with E-state index >= 15 is 0 Å². The second kappa shape index (κ2) is 4.97. The van der Waals surface area contributed by atoms with Crippen LogP contribution in [0, 0.1) is 5.82 Å². The van der Waals surface area contributed by atoms with Gasteiger partial charge in [-0.15, -0.1) is 0 Å². The molecule has 6 heteroatoms. The molecule has 1 unspecified atom stereocenters. The summed E-state index contributed by atoms with van der Waals surface area (Å²) in [6, 6.07) is 4.15. The molecule has 82 valence electrons. The summed E-state index contributed by atoms with van der Waals surface area (Å²) in [6.45, 7) is 1.73. The highest BCUT2D eigenvalue weighted by molar-refractivity contribution is 9.10. The molecular weight excluding hydrogens is 265 g/mol. The molecule has 4 nitrogen and oxygen atoms in total. The van der Waals surface area contributed by atoms with E-state index in [-0.39, 0.29) is 17.7 Å². The van der Waals surface area contributed by atoms with Crippen LogP contribution in [0.2, 0.25) is 0 Å². The molecule has 1 aromatic rings. The van der Waals surface area contributed by atoms with Gasteiger partial charge in [-0.2, -0.15) is 0 Å². The number of benzene rings is 1. The maximum absolute atomic E-state index is 12.9. The minimum absolute atomic E-state index is 0.0652. The van der Waals surface area contributed by atoms with Crippen molar-refractivity contribution >= 4 is 27.5 Å². The van der Waals surface area contributed by atoms with Crippen molar-refractivity contribution in [3.8, 4) is 0 Å². The van der Waals surface area contributed by atoms with Crippen LogP contribution in [-0.4, -0.2) is 17.1 Å². The third-order valence-electron chi connectivity index (χ3n) is 1.86. The molecule has 0 radical (unpaired) electrons. The van der Waals surface area contributed by atoms with E-state index < -0.39 is 0 Å². The van der Waals surface area contributed by atoms with Crippen LogP contribution in [0.25, 0.3) is 0 Å². The van der Waals surface area contributed by atoms with Crippen molar-refractivity contribution in [3.05, 3.63) is 28.5 Å². The Morgan fingerprint density at radius 3 is 2.87 bits per heavy atom. The van der Waals surface area contributed by atoms with Crippen molar-refractivity contribution in [3.63, 3.8) is 0 Å². The van der Waals surface area contributed by atoms with Gasteiger partial charge in [-0.25, -0.2) is 4.39 Å². The molecule has 0 amide bonds. The first-order valence-corrected chi connectivity index (χ1v) is 5.03. The van der Waals surface area contributed by atoms with Gasteiger partial charge in [0.25, 0.3) is 0 Å². The Labute approximate surface area is 95.1 Å². The fraction of sp³-hybridized carbons (Fsp3) is 0.222.